The summed E-state index contributed by atoms with van der Waals surface area (Å²) in [7, 11) is 1.47. The van der Waals surface area contributed by atoms with Crippen LogP contribution in [-0.4, -0.2) is 29.7 Å². The van der Waals surface area contributed by atoms with Crippen LogP contribution in [0, 0.1) is 0 Å². The van der Waals surface area contributed by atoms with E-state index in [4.69, 9.17) is 9.47 Å². The van der Waals surface area contributed by atoms with Crippen molar-refractivity contribution in [1.29, 1.82) is 0 Å². The van der Waals surface area contributed by atoms with E-state index < -0.39 is 0 Å². The third kappa shape index (κ3) is 2.48. The lowest BCUT2D eigenvalue weighted by molar-refractivity contribution is 0.100. The molecule has 0 saturated carbocycles. The zero-order chi connectivity index (χ0) is 15.7. The van der Waals surface area contributed by atoms with Gasteiger partial charge in [0.1, 0.15) is 18.1 Å². The highest BCUT2D eigenvalue weighted by molar-refractivity contribution is 6.14. The number of rotatable bonds is 2. The molecule has 1 aliphatic rings. The monoisotopic (exact) mass is 298 g/mol. The van der Waals surface area contributed by atoms with Gasteiger partial charge in [0.2, 0.25) is 0 Å². The van der Waals surface area contributed by atoms with E-state index in [2.05, 4.69) is 0 Å². The Balaban J connectivity index is 1.94. The standard InChI is InChI=1S/C17H14O5/c1-21-15-5-2-10(7-14(15)19)6-11-9-22-16-8-12(18)3-4-13(16)17(11)20/h2-8,18-19H,9H2,1H3/b11-6+. The van der Waals surface area contributed by atoms with Crippen LogP contribution in [0.3, 0.4) is 0 Å². The van der Waals surface area contributed by atoms with Crippen molar-refractivity contribution in [2.24, 2.45) is 0 Å². The molecule has 0 aromatic heterocycles. The largest absolute Gasteiger partial charge is 0.508 e. The molecule has 112 valence electrons. The van der Waals surface area contributed by atoms with Crippen LogP contribution in [0.25, 0.3) is 6.08 Å². The van der Waals surface area contributed by atoms with Crippen LogP contribution in [0.4, 0.5) is 0 Å². The molecule has 5 heteroatoms. The molecule has 0 radical (unpaired) electrons. The highest BCUT2D eigenvalue weighted by Crippen LogP contribution is 2.32. The number of phenolic OH excluding ortho intramolecular Hbond substituents is 2. The molecule has 1 heterocycles. The SMILES string of the molecule is COc1ccc(/C=C2\COc3cc(O)ccc3C2=O)cc1O. The van der Waals surface area contributed by atoms with Crippen molar-refractivity contribution < 1.29 is 24.5 Å². The summed E-state index contributed by atoms with van der Waals surface area (Å²) in [6.07, 6.45) is 1.66. The molecule has 0 atom stereocenters. The Morgan fingerprint density at radius 3 is 2.73 bits per heavy atom. The quantitative estimate of drug-likeness (QED) is 0.834. The van der Waals surface area contributed by atoms with Gasteiger partial charge in [-0.05, 0) is 35.9 Å². The molecule has 0 aliphatic carbocycles. The topological polar surface area (TPSA) is 76.0 Å². The van der Waals surface area contributed by atoms with Gasteiger partial charge in [-0.1, -0.05) is 6.07 Å². The second-order valence-corrected chi connectivity index (χ2v) is 4.90. The van der Waals surface area contributed by atoms with Crippen LogP contribution in [0.5, 0.6) is 23.0 Å². The summed E-state index contributed by atoms with van der Waals surface area (Å²) in [5, 5.41) is 19.2. The molecule has 22 heavy (non-hydrogen) atoms. The molecule has 1 aliphatic heterocycles. The van der Waals surface area contributed by atoms with Crippen molar-refractivity contribution in [3.8, 4) is 23.0 Å². The third-order valence-electron chi connectivity index (χ3n) is 3.43. The smallest absolute Gasteiger partial charge is 0.196 e. The maximum Gasteiger partial charge on any atom is 0.196 e. The van der Waals surface area contributed by atoms with Crippen LogP contribution < -0.4 is 9.47 Å². The van der Waals surface area contributed by atoms with Crippen molar-refractivity contribution in [2.75, 3.05) is 13.7 Å². The number of aromatic hydroxyl groups is 2. The number of methoxy groups -OCH3 is 1. The Morgan fingerprint density at radius 2 is 2.00 bits per heavy atom. The van der Waals surface area contributed by atoms with Crippen molar-refractivity contribution in [3.63, 3.8) is 0 Å². The van der Waals surface area contributed by atoms with E-state index in [9.17, 15) is 15.0 Å². The highest BCUT2D eigenvalue weighted by Gasteiger charge is 2.23. The molecule has 0 bridgehead atoms. The molecule has 3 rings (SSSR count). The lowest BCUT2D eigenvalue weighted by Gasteiger charge is -2.19. The maximum absolute atomic E-state index is 12.4. The second kappa shape index (κ2) is 5.44. The van der Waals surface area contributed by atoms with Crippen molar-refractivity contribution in [3.05, 3.63) is 53.1 Å². The van der Waals surface area contributed by atoms with E-state index in [1.54, 1.807) is 18.2 Å². The summed E-state index contributed by atoms with van der Waals surface area (Å²) >= 11 is 0. The number of Topliss-reactive ketones (excluding diaryl/α,β-unsaturated/α-hetero) is 1. The predicted molar refractivity (Wildman–Crippen MR) is 80.6 cm³/mol. The van der Waals surface area contributed by atoms with Crippen LogP contribution >= 0.6 is 0 Å². The number of hydrogen-bond donors (Lipinski definition) is 2. The van der Waals surface area contributed by atoms with Gasteiger partial charge in [0.25, 0.3) is 0 Å². The molecule has 0 fully saturated rings. The first kappa shape index (κ1) is 14.0. The van der Waals surface area contributed by atoms with Crippen LogP contribution in [0.15, 0.2) is 42.0 Å². The van der Waals surface area contributed by atoms with Gasteiger partial charge in [-0.15, -0.1) is 0 Å². The summed E-state index contributed by atoms with van der Waals surface area (Å²) in [6.45, 7) is 0.113. The van der Waals surface area contributed by atoms with E-state index in [-0.39, 0.29) is 23.9 Å². The summed E-state index contributed by atoms with van der Waals surface area (Å²) < 4.78 is 10.5. The van der Waals surface area contributed by atoms with Gasteiger partial charge in [-0.2, -0.15) is 0 Å². The molecule has 5 nitrogen and oxygen atoms in total. The number of ether oxygens (including phenoxy) is 2. The van der Waals surface area contributed by atoms with Gasteiger partial charge in [0.15, 0.2) is 17.3 Å². The molecule has 2 aromatic rings. The van der Waals surface area contributed by atoms with Gasteiger partial charge in [-0.25, -0.2) is 0 Å². The Labute approximate surface area is 127 Å². The van der Waals surface area contributed by atoms with Gasteiger partial charge in [0.05, 0.1) is 12.7 Å². The fourth-order valence-electron chi connectivity index (χ4n) is 2.32. The van der Waals surface area contributed by atoms with Crippen LogP contribution in [0.1, 0.15) is 15.9 Å². The normalized spacial score (nSPS) is 15.3. The zero-order valence-electron chi connectivity index (χ0n) is 11.9. The van der Waals surface area contributed by atoms with Crippen LogP contribution in [0.2, 0.25) is 0 Å². The number of ketones is 1. The van der Waals surface area contributed by atoms with E-state index in [0.29, 0.717) is 28.2 Å². The van der Waals surface area contributed by atoms with Gasteiger partial charge >= 0.3 is 0 Å². The van der Waals surface area contributed by atoms with E-state index in [1.807, 2.05) is 0 Å². The summed E-state index contributed by atoms with van der Waals surface area (Å²) in [5.74, 6) is 0.649. The van der Waals surface area contributed by atoms with Crippen molar-refractivity contribution in [2.45, 2.75) is 0 Å². The van der Waals surface area contributed by atoms with E-state index in [1.165, 1.54) is 31.4 Å². The number of phenols is 2. The molecular formula is C17H14O5. The fraction of sp³-hybridized carbons (Fsp3) is 0.118. The van der Waals surface area contributed by atoms with Crippen molar-refractivity contribution in [1.82, 2.24) is 0 Å². The van der Waals surface area contributed by atoms with Gasteiger partial charge in [-0.3, -0.25) is 4.79 Å². The first-order valence-electron chi connectivity index (χ1n) is 6.66. The molecule has 0 spiro atoms. The minimum Gasteiger partial charge on any atom is -0.508 e. The number of carbonyl (C=O) groups is 1. The summed E-state index contributed by atoms with van der Waals surface area (Å²) in [4.78, 5) is 12.4. The zero-order valence-corrected chi connectivity index (χ0v) is 11.9. The molecule has 0 amide bonds. The average Bonchev–Trinajstić information content (AvgIpc) is 2.50. The molecule has 0 unspecified atom stereocenters. The van der Waals surface area contributed by atoms with Crippen molar-refractivity contribution >= 4 is 11.9 Å². The summed E-state index contributed by atoms with van der Waals surface area (Å²) in [5.41, 5.74) is 1.56. The molecule has 2 N–H and O–H groups in total. The Hall–Kier alpha value is -2.95. The molecule has 2 aromatic carbocycles. The van der Waals surface area contributed by atoms with E-state index in [0.717, 1.165) is 0 Å². The molecular weight excluding hydrogens is 284 g/mol. The highest BCUT2D eigenvalue weighted by atomic mass is 16.5. The predicted octanol–water partition coefficient (Wildman–Crippen LogP) is 2.77. The fourth-order valence-corrected chi connectivity index (χ4v) is 2.32. The Bertz CT molecular complexity index is 777. The second-order valence-electron chi connectivity index (χ2n) is 4.90. The number of benzene rings is 2. The van der Waals surface area contributed by atoms with Gasteiger partial charge < -0.3 is 19.7 Å². The summed E-state index contributed by atoms with van der Waals surface area (Å²) in [6, 6.07) is 9.29. The lowest BCUT2D eigenvalue weighted by atomic mass is 9.98. The number of fused-ring (bicyclic) bond motifs is 1. The van der Waals surface area contributed by atoms with Crippen LogP contribution in [-0.2, 0) is 0 Å². The lowest BCUT2D eigenvalue weighted by Crippen LogP contribution is -2.18. The minimum atomic E-state index is -0.156. The van der Waals surface area contributed by atoms with Gasteiger partial charge in [0, 0.05) is 11.6 Å². The number of carbonyl (C=O) groups excluding carboxylic acids is 1. The van der Waals surface area contributed by atoms with E-state index >= 15 is 0 Å². The first-order valence-corrected chi connectivity index (χ1v) is 6.66. The average molecular weight is 298 g/mol. The minimum absolute atomic E-state index is 0.00588. The number of hydrogen-bond acceptors (Lipinski definition) is 5. The molecule has 0 saturated heterocycles. The third-order valence-corrected chi connectivity index (χ3v) is 3.43. The first-order chi connectivity index (χ1) is 10.6. The Kier molecular flexibility index (Phi) is 3.47. The Morgan fingerprint density at radius 1 is 1.18 bits per heavy atom. The maximum atomic E-state index is 12.4.